The summed E-state index contributed by atoms with van der Waals surface area (Å²) in [5.74, 6) is 0. The average molecular weight is 406 g/mol. The summed E-state index contributed by atoms with van der Waals surface area (Å²) in [5.41, 5.74) is 1.95. The van der Waals surface area contributed by atoms with Gasteiger partial charge in [0.05, 0.1) is 9.46 Å². The van der Waals surface area contributed by atoms with Gasteiger partial charge in [0.1, 0.15) is 5.69 Å². The molecule has 2 aromatic heterocycles. The molecule has 0 bridgehead atoms. The van der Waals surface area contributed by atoms with Crippen LogP contribution in [0.2, 0.25) is 0 Å². The maximum absolute atomic E-state index is 12.7. The summed E-state index contributed by atoms with van der Waals surface area (Å²) in [5, 5.41) is 15.0. The summed E-state index contributed by atoms with van der Waals surface area (Å²) in [6, 6.07) is 13.5. The summed E-state index contributed by atoms with van der Waals surface area (Å²) >= 11 is 1.05. The van der Waals surface area contributed by atoms with Crippen LogP contribution in [0.1, 0.15) is 22.4 Å². The largest absolute Gasteiger partial charge is 0.296 e. The molecule has 0 amide bonds. The molecular formula is C20H14N4O4S. The SMILES string of the molecule is Cc1ccc(Cc2nn3c(=O)/c(=C/c4ccc([N+](=O)[O-])cc4)sc3nc2=O)cc1. The molecule has 0 spiro atoms. The molecule has 2 heterocycles. The summed E-state index contributed by atoms with van der Waals surface area (Å²) in [4.78, 5) is 39.5. The number of fused-ring (bicyclic) bond motifs is 1. The van der Waals surface area contributed by atoms with Gasteiger partial charge in [-0.05, 0) is 36.3 Å². The van der Waals surface area contributed by atoms with E-state index in [0.717, 1.165) is 27.0 Å². The number of benzene rings is 2. The van der Waals surface area contributed by atoms with Crippen LogP contribution in [0.4, 0.5) is 5.69 Å². The maximum atomic E-state index is 12.7. The normalized spacial score (nSPS) is 11.8. The number of hydrogen-bond donors (Lipinski definition) is 0. The van der Waals surface area contributed by atoms with Crippen molar-refractivity contribution in [3.05, 3.63) is 106 Å². The van der Waals surface area contributed by atoms with Crippen molar-refractivity contribution >= 4 is 28.1 Å². The van der Waals surface area contributed by atoms with Crippen LogP contribution in [0.5, 0.6) is 0 Å². The maximum Gasteiger partial charge on any atom is 0.296 e. The lowest BCUT2D eigenvalue weighted by Crippen LogP contribution is -2.28. The van der Waals surface area contributed by atoms with Crippen LogP contribution < -0.4 is 15.7 Å². The molecule has 9 heteroatoms. The van der Waals surface area contributed by atoms with Crippen molar-refractivity contribution in [3.8, 4) is 0 Å². The number of aromatic nitrogens is 3. The second-order valence-electron chi connectivity index (χ2n) is 6.48. The molecule has 0 aliphatic heterocycles. The number of aryl methyl sites for hydroxylation is 1. The van der Waals surface area contributed by atoms with Crippen LogP contribution >= 0.6 is 11.3 Å². The van der Waals surface area contributed by atoms with Crippen molar-refractivity contribution in [2.75, 3.05) is 0 Å². The van der Waals surface area contributed by atoms with E-state index in [1.165, 1.54) is 12.1 Å². The van der Waals surface area contributed by atoms with Crippen LogP contribution in [0.25, 0.3) is 11.0 Å². The fourth-order valence-corrected chi connectivity index (χ4v) is 3.70. The Labute approximate surface area is 167 Å². The summed E-state index contributed by atoms with van der Waals surface area (Å²) in [6.07, 6.45) is 1.88. The van der Waals surface area contributed by atoms with Crippen LogP contribution in [-0.4, -0.2) is 19.5 Å². The molecule has 144 valence electrons. The first kappa shape index (κ1) is 18.6. The third kappa shape index (κ3) is 3.81. The zero-order valence-electron chi connectivity index (χ0n) is 15.2. The minimum atomic E-state index is -0.489. The van der Waals surface area contributed by atoms with Gasteiger partial charge in [0, 0.05) is 18.6 Å². The van der Waals surface area contributed by atoms with Crippen molar-refractivity contribution in [2.24, 2.45) is 0 Å². The first-order valence-corrected chi connectivity index (χ1v) is 9.47. The molecule has 0 aliphatic carbocycles. The Kier molecular flexibility index (Phi) is 4.73. The molecule has 0 fully saturated rings. The number of nitro benzene ring substituents is 1. The van der Waals surface area contributed by atoms with E-state index in [1.54, 1.807) is 18.2 Å². The Bertz CT molecular complexity index is 1390. The lowest BCUT2D eigenvalue weighted by Gasteiger charge is -2.01. The van der Waals surface area contributed by atoms with E-state index in [0.29, 0.717) is 10.1 Å². The highest BCUT2D eigenvalue weighted by Crippen LogP contribution is 2.12. The fraction of sp³-hybridized carbons (Fsp3) is 0.100. The third-order valence-electron chi connectivity index (χ3n) is 4.34. The highest BCUT2D eigenvalue weighted by molar-refractivity contribution is 7.15. The van der Waals surface area contributed by atoms with E-state index in [1.807, 2.05) is 31.2 Å². The van der Waals surface area contributed by atoms with Gasteiger partial charge in [0.2, 0.25) is 4.96 Å². The first-order valence-electron chi connectivity index (χ1n) is 8.65. The second kappa shape index (κ2) is 7.36. The monoisotopic (exact) mass is 406 g/mol. The van der Waals surface area contributed by atoms with Gasteiger partial charge >= 0.3 is 0 Å². The Morgan fingerprint density at radius 3 is 2.45 bits per heavy atom. The molecule has 0 radical (unpaired) electrons. The van der Waals surface area contributed by atoms with E-state index in [9.17, 15) is 19.7 Å². The Morgan fingerprint density at radius 1 is 1.10 bits per heavy atom. The van der Waals surface area contributed by atoms with Gasteiger partial charge in [-0.1, -0.05) is 41.2 Å². The van der Waals surface area contributed by atoms with Crippen molar-refractivity contribution in [1.82, 2.24) is 14.6 Å². The third-order valence-corrected chi connectivity index (χ3v) is 5.30. The highest BCUT2D eigenvalue weighted by atomic mass is 32.1. The molecule has 0 N–H and O–H groups in total. The predicted octanol–water partition coefficient (Wildman–Crippen LogP) is 1.87. The van der Waals surface area contributed by atoms with Gasteiger partial charge in [0.15, 0.2) is 0 Å². The minimum absolute atomic E-state index is 0.0321. The molecule has 0 atom stereocenters. The van der Waals surface area contributed by atoms with E-state index in [2.05, 4.69) is 10.1 Å². The molecule has 0 saturated heterocycles. The zero-order valence-corrected chi connectivity index (χ0v) is 16.0. The Morgan fingerprint density at radius 2 is 1.79 bits per heavy atom. The Balaban J connectivity index is 1.75. The topological polar surface area (TPSA) is 107 Å². The van der Waals surface area contributed by atoms with Crippen molar-refractivity contribution < 1.29 is 4.92 Å². The number of hydrogen-bond acceptors (Lipinski definition) is 7. The van der Waals surface area contributed by atoms with Gasteiger partial charge < -0.3 is 0 Å². The lowest BCUT2D eigenvalue weighted by molar-refractivity contribution is -0.384. The fourth-order valence-electron chi connectivity index (χ4n) is 2.79. The number of nitro groups is 1. The van der Waals surface area contributed by atoms with E-state index in [4.69, 9.17) is 0 Å². The molecule has 0 unspecified atom stereocenters. The quantitative estimate of drug-likeness (QED) is 0.378. The van der Waals surface area contributed by atoms with Crippen molar-refractivity contribution in [3.63, 3.8) is 0 Å². The molecule has 29 heavy (non-hydrogen) atoms. The minimum Gasteiger partial charge on any atom is -0.266 e. The first-order chi connectivity index (χ1) is 13.9. The number of thiazole rings is 1. The lowest BCUT2D eigenvalue weighted by atomic mass is 10.1. The van der Waals surface area contributed by atoms with E-state index >= 15 is 0 Å². The highest BCUT2D eigenvalue weighted by Gasteiger charge is 2.12. The van der Waals surface area contributed by atoms with Gasteiger partial charge in [-0.15, -0.1) is 0 Å². The molecule has 0 aliphatic rings. The van der Waals surface area contributed by atoms with Gasteiger partial charge in [-0.2, -0.15) is 14.6 Å². The number of nitrogens with zero attached hydrogens (tertiary/aromatic N) is 4. The van der Waals surface area contributed by atoms with E-state index in [-0.39, 0.29) is 28.3 Å². The smallest absolute Gasteiger partial charge is 0.266 e. The zero-order chi connectivity index (χ0) is 20.5. The molecule has 4 aromatic rings. The summed E-state index contributed by atoms with van der Waals surface area (Å²) < 4.78 is 1.47. The molecule has 0 saturated carbocycles. The van der Waals surface area contributed by atoms with Crippen LogP contribution in [-0.2, 0) is 6.42 Å². The standard InChI is InChI=1S/C20H14N4O4S/c1-12-2-4-13(5-3-12)10-16-18(25)21-20-23(22-16)19(26)17(29-20)11-14-6-8-15(9-7-14)24(27)28/h2-9,11H,10H2,1H3/b17-11-. The van der Waals surface area contributed by atoms with Gasteiger partial charge in [-0.25, -0.2) is 0 Å². The summed E-state index contributed by atoms with van der Waals surface area (Å²) in [7, 11) is 0. The van der Waals surface area contributed by atoms with Gasteiger partial charge in [-0.3, -0.25) is 19.7 Å². The molecule has 2 aromatic carbocycles. The van der Waals surface area contributed by atoms with Crippen molar-refractivity contribution in [2.45, 2.75) is 13.3 Å². The predicted molar refractivity (Wildman–Crippen MR) is 109 cm³/mol. The van der Waals surface area contributed by atoms with E-state index < -0.39 is 10.5 Å². The average Bonchev–Trinajstić information content (AvgIpc) is 2.99. The van der Waals surface area contributed by atoms with Crippen LogP contribution in [0, 0.1) is 17.0 Å². The summed E-state index contributed by atoms with van der Waals surface area (Å²) in [6.45, 7) is 1.97. The molecule has 8 nitrogen and oxygen atoms in total. The Hall–Kier alpha value is -3.72. The van der Waals surface area contributed by atoms with Crippen LogP contribution in [0.15, 0.2) is 58.1 Å². The molecule has 4 rings (SSSR count). The number of rotatable bonds is 4. The van der Waals surface area contributed by atoms with Crippen molar-refractivity contribution in [1.29, 1.82) is 0 Å². The van der Waals surface area contributed by atoms with Crippen LogP contribution in [0.3, 0.4) is 0 Å². The van der Waals surface area contributed by atoms with Gasteiger partial charge in [0.25, 0.3) is 16.8 Å². The molecular weight excluding hydrogens is 392 g/mol. The second-order valence-corrected chi connectivity index (χ2v) is 7.49. The number of non-ortho nitro benzene ring substituents is 1.